The molecule has 1 aliphatic carbocycles. The van der Waals surface area contributed by atoms with Gasteiger partial charge in [-0.2, -0.15) is 0 Å². The van der Waals surface area contributed by atoms with Gasteiger partial charge < -0.3 is 10.4 Å². The molecule has 0 spiro atoms. The van der Waals surface area contributed by atoms with E-state index in [1.165, 1.54) is 18.2 Å². The Labute approximate surface area is 108 Å². The van der Waals surface area contributed by atoms with Crippen LogP contribution in [0.4, 0.5) is 5.69 Å². The Balaban J connectivity index is 2.16. The summed E-state index contributed by atoms with van der Waals surface area (Å²) in [6.45, 7) is 0. The van der Waals surface area contributed by atoms with Crippen LogP contribution in [0.15, 0.2) is 18.2 Å². The number of rotatable bonds is 3. The highest BCUT2D eigenvalue weighted by Gasteiger charge is 2.57. The van der Waals surface area contributed by atoms with Crippen molar-refractivity contribution >= 4 is 40.8 Å². The molecule has 6 heteroatoms. The van der Waals surface area contributed by atoms with Gasteiger partial charge in [0.1, 0.15) is 5.41 Å². The zero-order valence-electron chi connectivity index (χ0n) is 8.67. The van der Waals surface area contributed by atoms with Gasteiger partial charge in [0.05, 0.1) is 0 Å². The van der Waals surface area contributed by atoms with Crippen LogP contribution in [-0.4, -0.2) is 17.0 Å². The second-order valence-electron chi connectivity index (χ2n) is 4.00. The molecule has 2 N–H and O–H groups in total. The lowest BCUT2D eigenvalue weighted by Gasteiger charge is -2.11. The molecule has 90 valence electrons. The molecular formula is C11H9Cl2NO3. The molecular weight excluding hydrogens is 265 g/mol. The summed E-state index contributed by atoms with van der Waals surface area (Å²) >= 11 is 11.5. The zero-order valence-corrected chi connectivity index (χ0v) is 10.2. The molecule has 1 amide bonds. The van der Waals surface area contributed by atoms with E-state index in [0.29, 0.717) is 28.6 Å². The maximum atomic E-state index is 11.8. The normalized spacial score (nSPS) is 16.4. The number of carboxylic acid groups (broad SMARTS) is 1. The summed E-state index contributed by atoms with van der Waals surface area (Å²) in [6.07, 6.45) is 0.727. The largest absolute Gasteiger partial charge is 0.480 e. The maximum absolute atomic E-state index is 11.8. The molecule has 1 aromatic carbocycles. The summed E-state index contributed by atoms with van der Waals surface area (Å²) in [7, 11) is 0. The summed E-state index contributed by atoms with van der Waals surface area (Å²) in [5.41, 5.74) is -0.866. The van der Waals surface area contributed by atoms with Crippen LogP contribution in [-0.2, 0) is 9.59 Å². The van der Waals surface area contributed by atoms with Crippen molar-refractivity contribution in [1.82, 2.24) is 0 Å². The molecule has 1 fully saturated rings. The maximum Gasteiger partial charge on any atom is 0.319 e. The fraction of sp³-hybridized carbons (Fsp3) is 0.273. The lowest BCUT2D eigenvalue weighted by atomic mass is 10.1. The molecule has 1 saturated carbocycles. The molecule has 0 unspecified atom stereocenters. The van der Waals surface area contributed by atoms with Crippen LogP contribution in [0.2, 0.25) is 10.0 Å². The lowest BCUT2D eigenvalue weighted by molar-refractivity contribution is -0.147. The lowest BCUT2D eigenvalue weighted by Crippen LogP contribution is -2.31. The third kappa shape index (κ3) is 2.37. The Morgan fingerprint density at radius 1 is 1.18 bits per heavy atom. The van der Waals surface area contributed by atoms with Crippen LogP contribution in [0.3, 0.4) is 0 Å². The number of hydrogen-bond donors (Lipinski definition) is 2. The first-order valence-corrected chi connectivity index (χ1v) is 5.70. The van der Waals surface area contributed by atoms with E-state index < -0.39 is 17.3 Å². The van der Waals surface area contributed by atoms with Gasteiger partial charge in [-0.3, -0.25) is 9.59 Å². The number of carbonyl (C=O) groups excluding carboxylic acids is 1. The topological polar surface area (TPSA) is 66.4 Å². The molecule has 2 rings (SSSR count). The van der Waals surface area contributed by atoms with Crippen molar-refractivity contribution in [2.75, 3.05) is 5.32 Å². The second kappa shape index (κ2) is 4.20. The van der Waals surface area contributed by atoms with Crippen molar-refractivity contribution in [2.45, 2.75) is 12.8 Å². The minimum atomic E-state index is -1.27. The quantitative estimate of drug-likeness (QED) is 0.833. The number of carbonyl (C=O) groups is 2. The van der Waals surface area contributed by atoms with Gasteiger partial charge in [-0.1, -0.05) is 23.2 Å². The van der Waals surface area contributed by atoms with Crippen LogP contribution >= 0.6 is 23.2 Å². The first-order chi connectivity index (χ1) is 7.94. The Hall–Kier alpha value is -1.26. The molecule has 1 aliphatic rings. The smallest absolute Gasteiger partial charge is 0.319 e. The van der Waals surface area contributed by atoms with E-state index in [1.54, 1.807) is 0 Å². The third-order valence-corrected chi connectivity index (χ3v) is 3.15. The Morgan fingerprint density at radius 3 is 2.12 bits per heavy atom. The monoisotopic (exact) mass is 273 g/mol. The number of benzene rings is 1. The average Bonchev–Trinajstić information content (AvgIpc) is 2.95. The van der Waals surface area contributed by atoms with Crippen LogP contribution in [0.5, 0.6) is 0 Å². The second-order valence-corrected chi connectivity index (χ2v) is 4.87. The molecule has 0 aromatic heterocycles. The fourth-order valence-corrected chi connectivity index (χ4v) is 2.07. The minimum absolute atomic E-state index is 0.364. The van der Waals surface area contributed by atoms with Crippen LogP contribution in [0, 0.1) is 5.41 Å². The molecule has 0 atom stereocenters. The van der Waals surface area contributed by atoms with Crippen LogP contribution in [0.1, 0.15) is 12.8 Å². The van der Waals surface area contributed by atoms with Crippen molar-refractivity contribution in [3.05, 3.63) is 28.2 Å². The van der Waals surface area contributed by atoms with Gasteiger partial charge in [0.15, 0.2) is 0 Å². The molecule has 0 bridgehead atoms. The summed E-state index contributed by atoms with van der Waals surface area (Å²) in [5.74, 6) is -1.62. The number of halogens is 2. The molecule has 1 aromatic rings. The number of amides is 1. The molecule has 0 radical (unpaired) electrons. The van der Waals surface area contributed by atoms with Gasteiger partial charge in [0.25, 0.3) is 0 Å². The highest BCUT2D eigenvalue weighted by atomic mass is 35.5. The van der Waals surface area contributed by atoms with Gasteiger partial charge in [0.2, 0.25) is 5.91 Å². The van der Waals surface area contributed by atoms with Gasteiger partial charge in [-0.25, -0.2) is 0 Å². The minimum Gasteiger partial charge on any atom is -0.480 e. The standard InChI is InChI=1S/C11H9Cl2NO3/c12-6-3-7(13)5-8(4-6)14-9(15)11(1-2-11)10(16)17/h3-5H,1-2H2,(H,14,15)(H,16,17). The van der Waals surface area contributed by atoms with Gasteiger partial charge in [-0.15, -0.1) is 0 Å². The first-order valence-electron chi connectivity index (χ1n) is 4.95. The third-order valence-electron chi connectivity index (χ3n) is 2.71. The summed E-state index contributed by atoms with van der Waals surface area (Å²) in [6, 6.07) is 4.56. The van der Waals surface area contributed by atoms with Gasteiger partial charge in [-0.05, 0) is 31.0 Å². The zero-order chi connectivity index (χ0) is 12.6. The predicted molar refractivity (Wildman–Crippen MR) is 64.4 cm³/mol. The molecule has 0 heterocycles. The number of hydrogen-bond acceptors (Lipinski definition) is 2. The van der Waals surface area contributed by atoms with E-state index in [9.17, 15) is 9.59 Å². The SMILES string of the molecule is O=C(O)C1(C(=O)Nc2cc(Cl)cc(Cl)c2)CC1. The number of anilines is 1. The van der Waals surface area contributed by atoms with E-state index in [-0.39, 0.29) is 0 Å². The van der Waals surface area contributed by atoms with Crippen LogP contribution in [0.25, 0.3) is 0 Å². The highest BCUT2D eigenvalue weighted by molar-refractivity contribution is 6.35. The Kier molecular flexibility index (Phi) is 3.02. The Morgan fingerprint density at radius 2 is 1.71 bits per heavy atom. The van der Waals surface area contributed by atoms with Crippen molar-refractivity contribution in [3.63, 3.8) is 0 Å². The number of aliphatic carboxylic acids is 1. The van der Waals surface area contributed by atoms with E-state index in [4.69, 9.17) is 28.3 Å². The van der Waals surface area contributed by atoms with E-state index in [0.717, 1.165) is 0 Å². The van der Waals surface area contributed by atoms with Gasteiger partial charge >= 0.3 is 5.97 Å². The van der Waals surface area contributed by atoms with Crippen molar-refractivity contribution in [2.24, 2.45) is 5.41 Å². The van der Waals surface area contributed by atoms with E-state index >= 15 is 0 Å². The van der Waals surface area contributed by atoms with Crippen molar-refractivity contribution in [3.8, 4) is 0 Å². The highest BCUT2D eigenvalue weighted by Crippen LogP contribution is 2.46. The summed E-state index contributed by atoms with van der Waals surface area (Å²) in [4.78, 5) is 22.7. The average molecular weight is 274 g/mol. The van der Waals surface area contributed by atoms with Crippen molar-refractivity contribution in [1.29, 1.82) is 0 Å². The Bertz CT molecular complexity index is 477. The van der Waals surface area contributed by atoms with E-state index in [1.807, 2.05) is 0 Å². The van der Waals surface area contributed by atoms with E-state index in [2.05, 4.69) is 5.32 Å². The van der Waals surface area contributed by atoms with Gasteiger partial charge in [0, 0.05) is 15.7 Å². The molecule has 0 aliphatic heterocycles. The summed E-state index contributed by atoms with van der Waals surface area (Å²) < 4.78 is 0. The predicted octanol–water partition coefficient (Wildman–Crippen LogP) is 2.80. The number of carboxylic acids is 1. The fourth-order valence-electron chi connectivity index (χ4n) is 1.54. The summed E-state index contributed by atoms with van der Waals surface area (Å²) in [5, 5.41) is 12.2. The van der Waals surface area contributed by atoms with Crippen LogP contribution < -0.4 is 5.32 Å². The first kappa shape index (κ1) is 12.2. The molecule has 4 nitrogen and oxygen atoms in total. The molecule has 0 saturated heterocycles. The number of nitrogens with one attached hydrogen (secondary N) is 1. The molecule has 17 heavy (non-hydrogen) atoms. The van der Waals surface area contributed by atoms with Crippen molar-refractivity contribution < 1.29 is 14.7 Å².